The lowest BCUT2D eigenvalue weighted by Crippen LogP contribution is -2.35. The average molecular weight is 170 g/mol. The van der Waals surface area contributed by atoms with Crippen LogP contribution in [-0.2, 0) is 4.79 Å². The van der Waals surface area contributed by atoms with Gasteiger partial charge in [0.1, 0.15) is 0 Å². The fourth-order valence-corrected chi connectivity index (χ4v) is 0.637. The Labute approximate surface area is 72.2 Å². The number of nitrogens with zero attached hydrogens (tertiary/aromatic N) is 1. The molecule has 0 aliphatic rings. The second-order valence-electron chi connectivity index (χ2n) is 2.28. The third kappa shape index (κ3) is 3.75. The van der Waals surface area contributed by atoms with Gasteiger partial charge < -0.3 is 5.32 Å². The first-order valence-electron chi connectivity index (χ1n) is 3.90. The lowest BCUT2D eigenvalue weighted by Gasteiger charge is -2.10. The van der Waals surface area contributed by atoms with Crippen LogP contribution in [0, 0.1) is 0 Å². The van der Waals surface area contributed by atoms with Crippen molar-refractivity contribution in [1.82, 2.24) is 10.2 Å². The van der Waals surface area contributed by atoms with Crippen LogP contribution in [0.5, 0.6) is 0 Å². The molecular formula is C8H14N2O2. The van der Waals surface area contributed by atoms with Gasteiger partial charge in [-0.05, 0) is 6.42 Å². The summed E-state index contributed by atoms with van der Waals surface area (Å²) in [6.45, 7) is 5.93. The number of unbranched alkanes of at least 4 members (excludes halogenated alkanes) is 1. The van der Waals surface area contributed by atoms with Gasteiger partial charge in [-0.3, -0.25) is 4.79 Å². The van der Waals surface area contributed by atoms with E-state index in [4.69, 9.17) is 0 Å². The first-order valence-corrected chi connectivity index (χ1v) is 3.90. The molecule has 0 spiro atoms. The summed E-state index contributed by atoms with van der Waals surface area (Å²) in [4.78, 5) is 22.1. The molecule has 0 aromatic carbocycles. The van der Waals surface area contributed by atoms with Gasteiger partial charge in [-0.2, -0.15) is 0 Å². The molecule has 0 saturated heterocycles. The van der Waals surface area contributed by atoms with Gasteiger partial charge >= 0.3 is 6.03 Å². The first kappa shape index (κ1) is 10.7. The summed E-state index contributed by atoms with van der Waals surface area (Å²) in [5, 5.41) is 2.57. The van der Waals surface area contributed by atoms with E-state index in [0.29, 0.717) is 13.0 Å². The minimum absolute atomic E-state index is 0.423. The van der Waals surface area contributed by atoms with Crippen LogP contribution in [0.3, 0.4) is 0 Å². The van der Waals surface area contributed by atoms with E-state index in [1.54, 1.807) is 0 Å². The van der Waals surface area contributed by atoms with Crippen LogP contribution in [0.15, 0.2) is 12.8 Å². The number of carbonyl (C=O) groups excluding carboxylic acids is 2. The lowest BCUT2D eigenvalue weighted by molar-refractivity contribution is -0.113. The molecule has 0 rings (SSSR count). The summed E-state index contributed by atoms with van der Waals surface area (Å²) in [6, 6.07) is -0.423. The Morgan fingerprint density at radius 1 is 1.67 bits per heavy atom. The normalized spacial score (nSPS) is 8.75. The molecule has 0 aliphatic carbocycles. The second kappa shape index (κ2) is 6.39. The Kier molecular flexibility index (Phi) is 5.69. The zero-order valence-electron chi connectivity index (χ0n) is 7.25. The van der Waals surface area contributed by atoms with Gasteiger partial charge in [0.15, 0.2) is 0 Å². The largest absolute Gasteiger partial charge is 0.337 e. The van der Waals surface area contributed by atoms with Crippen LogP contribution >= 0.6 is 0 Å². The predicted molar refractivity (Wildman–Crippen MR) is 46.4 cm³/mol. The van der Waals surface area contributed by atoms with E-state index in [2.05, 4.69) is 11.9 Å². The monoisotopic (exact) mass is 170 g/mol. The Morgan fingerprint density at radius 2 is 2.33 bits per heavy atom. The third-order valence-electron chi connectivity index (χ3n) is 1.35. The molecule has 4 heteroatoms. The number of hydrogen-bond donors (Lipinski definition) is 1. The SMILES string of the molecule is C=CN(C=O)C(=O)NCCCC. The van der Waals surface area contributed by atoms with Gasteiger partial charge in [-0.1, -0.05) is 19.9 Å². The van der Waals surface area contributed by atoms with Crippen molar-refractivity contribution in [2.24, 2.45) is 0 Å². The van der Waals surface area contributed by atoms with Crippen molar-refractivity contribution >= 4 is 12.4 Å². The van der Waals surface area contributed by atoms with E-state index in [-0.39, 0.29) is 0 Å². The Hall–Kier alpha value is -1.32. The molecule has 12 heavy (non-hydrogen) atoms. The van der Waals surface area contributed by atoms with Crippen LogP contribution in [0.25, 0.3) is 0 Å². The van der Waals surface area contributed by atoms with Crippen LogP contribution in [-0.4, -0.2) is 23.9 Å². The van der Waals surface area contributed by atoms with Gasteiger partial charge in [0, 0.05) is 12.7 Å². The summed E-state index contributed by atoms with van der Waals surface area (Å²) in [5.74, 6) is 0. The molecule has 0 aromatic heterocycles. The van der Waals surface area contributed by atoms with E-state index in [9.17, 15) is 9.59 Å². The van der Waals surface area contributed by atoms with Crippen molar-refractivity contribution < 1.29 is 9.59 Å². The van der Waals surface area contributed by atoms with Gasteiger partial charge in [0.25, 0.3) is 0 Å². The molecule has 0 atom stereocenters. The summed E-state index contributed by atoms with van der Waals surface area (Å²) >= 11 is 0. The van der Waals surface area contributed by atoms with E-state index < -0.39 is 6.03 Å². The molecule has 68 valence electrons. The van der Waals surface area contributed by atoms with Crippen molar-refractivity contribution in [3.63, 3.8) is 0 Å². The number of carbonyl (C=O) groups is 2. The molecule has 0 fully saturated rings. The zero-order chi connectivity index (χ0) is 9.40. The molecule has 3 amide bonds. The first-order chi connectivity index (χ1) is 5.76. The molecule has 0 saturated carbocycles. The van der Waals surface area contributed by atoms with Gasteiger partial charge in [0.2, 0.25) is 6.41 Å². The number of hydrogen-bond acceptors (Lipinski definition) is 2. The van der Waals surface area contributed by atoms with E-state index in [1.807, 2.05) is 6.92 Å². The standard InChI is InChI=1S/C8H14N2O2/c1-3-5-6-9-8(12)10(4-2)7-11/h4,7H,2-3,5-6H2,1H3,(H,9,12). The molecule has 0 radical (unpaired) electrons. The van der Waals surface area contributed by atoms with E-state index >= 15 is 0 Å². The number of amides is 3. The molecular weight excluding hydrogens is 156 g/mol. The van der Waals surface area contributed by atoms with Gasteiger partial charge in [-0.15, -0.1) is 0 Å². The van der Waals surface area contributed by atoms with Crippen molar-refractivity contribution in [1.29, 1.82) is 0 Å². The van der Waals surface area contributed by atoms with Gasteiger partial charge in [-0.25, -0.2) is 9.69 Å². The summed E-state index contributed by atoms with van der Waals surface area (Å²) in [7, 11) is 0. The minimum atomic E-state index is -0.423. The lowest BCUT2D eigenvalue weighted by atomic mass is 10.3. The summed E-state index contributed by atoms with van der Waals surface area (Å²) in [6.07, 6.45) is 3.52. The van der Waals surface area contributed by atoms with Crippen LogP contribution in [0.1, 0.15) is 19.8 Å². The highest BCUT2D eigenvalue weighted by Crippen LogP contribution is 1.87. The molecule has 0 aliphatic heterocycles. The Balaban J connectivity index is 3.69. The maximum atomic E-state index is 11.0. The van der Waals surface area contributed by atoms with Crippen molar-refractivity contribution in [2.45, 2.75) is 19.8 Å². The molecule has 0 unspecified atom stereocenters. The maximum absolute atomic E-state index is 11.0. The minimum Gasteiger partial charge on any atom is -0.337 e. The maximum Gasteiger partial charge on any atom is 0.328 e. The molecule has 0 bridgehead atoms. The highest BCUT2D eigenvalue weighted by molar-refractivity contribution is 5.85. The van der Waals surface area contributed by atoms with Crippen LogP contribution in [0.2, 0.25) is 0 Å². The van der Waals surface area contributed by atoms with E-state index in [1.165, 1.54) is 6.20 Å². The zero-order valence-corrected chi connectivity index (χ0v) is 7.25. The molecule has 0 aromatic rings. The quantitative estimate of drug-likeness (QED) is 0.496. The second-order valence-corrected chi connectivity index (χ2v) is 2.28. The summed E-state index contributed by atoms with van der Waals surface area (Å²) < 4.78 is 0. The average Bonchev–Trinajstić information content (AvgIpc) is 2.07. The predicted octanol–water partition coefficient (Wildman–Crippen LogP) is 1.10. The van der Waals surface area contributed by atoms with Crippen LogP contribution in [0.4, 0.5) is 4.79 Å². The number of nitrogens with one attached hydrogen (secondary N) is 1. The van der Waals surface area contributed by atoms with Crippen molar-refractivity contribution in [2.75, 3.05) is 6.54 Å². The topological polar surface area (TPSA) is 49.4 Å². The van der Waals surface area contributed by atoms with Crippen molar-refractivity contribution in [3.8, 4) is 0 Å². The number of rotatable bonds is 5. The Morgan fingerprint density at radius 3 is 2.75 bits per heavy atom. The van der Waals surface area contributed by atoms with E-state index in [0.717, 1.165) is 17.7 Å². The fourth-order valence-electron chi connectivity index (χ4n) is 0.637. The van der Waals surface area contributed by atoms with Crippen LogP contribution < -0.4 is 5.32 Å². The number of imide groups is 1. The summed E-state index contributed by atoms with van der Waals surface area (Å²) in [5.41, 5.74) is 0. The third-order valence-corrected chi connectivity index (χ3v) is 1.35. The highest BCUT2D eigenvalue weighted by Gasteiger charge is 2.05. The van der Waals surface area contributed by atoms with Crippen molar-refractivity contribution in [3.05, 3.63) is 12.8 Å². The number of urea groups is 1. The fraction of sp³-hybridized carbons (Fsp3) is 0.500. The highest BCUT2D eigenvalue weighted by atomic mass is 16.2. The molecule has 1 N–H and O–H groups in total. The smallest absolute Gasteiger partial charge is 0.328 e. The molecule has 4 nitrogen and oxygen atoms in total. The molecule has 0 heterocycles. The Bertz CT molecular complexity index is 160. The van der Waals surface area contributed by atoms with Gasteiger partial charge in [0.05, 0.1) is 0 Å².